The Balaban J connectivity index is 4.32. The first-order valence-corrected chi connectivity index (χ1v) is 34.3. The van der Waals surface area contributed by atoms with Crippen molar-refractivity contribution in [3.05, 3.63) is 60.8 Å². The molecule has 0 aliphatic carbocycles. The lowest BCUT2D eigenvalue weighted by molar-refractivity contribution is -0.167. The third kappa shape index (κ3) is 63.9. The van der Waals surface area contributed by atoms with E-state index in [4.69, 9.17) is 14.2 Å². The van der Waals surface area contributed by atoms with Crippen molar-refractivity contribution in [2.45, 2.75) is 367 Å². The van der Waals surface area contributed by atoms with E-state index in [9.17, 15) is 14.4 Å². The van der Waals surface area contributed by atoms with Gasteiger partial charge in [-0.25, -0.2) is 0 Å². The molecule has 0 aromatic carbocycles. The molecule has 0 saturated heterocycles. The van der Waals surface area contributed by atoms with Crippen molar-refractivity contribution in [2.75, 3.05) is 13.2 Å². The summed E-state index contributed by atoms with van der Waals surface area (Å²) >= 11 is 0. The molecule has 0 bridgehead atoms. The molecule has 0 saturated carbocycles. The van der Waals surface area contributed by atoms with Crippen LogP contribution in [0.15, 0.2) is 60.8 Å². The lowest BCUT2D eigenvalue weighted by Gasteiger charge is -2.18. The molecular weight excluding hydrogens is 961 g/mol. The summed E-state index contributed by atoms with van der Waals surface area (Å²) in [6, 6.07) is 0. The molecule has 0 amide bonds. The Kier molecular flexibility index (Phi) is 64.2. The van der Waals surface area contributed by atoms with Gasteiger partial charge in [0.2, 0.25) is 0 Å². The van der Waals surface area contributed by atoms with Crippen molar-refractivity contribution >= 4 is 17.9 Å². The maximum Gasteiger partial charge on any atom is 0.306 e. The highest BCUT2D eigenvalue weighted by Gasteiger charge is 2.19. The fraction of sp³-hybridized carbons (Fsp3) is 0.819. The molecule has 0 radical (unpaired) electrons. The van der Waals surface area contributed by atoms with E-state index in [0.717, 1.165) is 77.0 Å². The van der Waals surface area contributed by atoms with Crippen molar-refractivity contribution in [1.29, 1.82) is 0 Å². The highest BCUT2D eigenvalue weighted by molar-refractivity contribution is 5.71. The van der Waals surface area contributed by atoms with Crippen molar-refractivity contribution in [1.82, 2.24) is 0 Å². The van der Waals surface area contributed by atoms with Gasteiger partial charge in [-0.2, -0.15) is 0 Å². The van der Waals surface area contributed by atoms with Gasteiger partial charge in [0, 0.05) is 19.3 Å². The van der Waals surface area contributed by atoms with Crippen LogP contribution in [0.3, 0.4) is 0 Å². The summed E-state index contributed by atoms with van der Waals surface area (Å²) in [4.78, 5) is 38.4. The molecule has 0 aromatic heterocycles. The first kappa shape index (κ1) is 75.1. The Morgan fingerprint density at radius 3 is 0.744 bits per heavy atom. The van der Waals surface area contributed by atoms with Gasteiger partial charge in [0.05, 0.1) is 0 Å². The minimum Gasteiger partial charge on any atom is -0.462 e. The molecule has 0 rings (SSSR count). The lowest BCUT2D eigenvalue weighted by Crippen LogP contribution is -2.30. The fourth-order valence-electron chi connectivity index (χ4n) is 10.0. The van der Waals surface area contributed by atoms with Gasteiger partial charge < -0.3 is 14.2 Å². The summed E-state index contributed by atoms with van der Waals surface area (Å²) in [7, 11) is 0. The Hall–Kier alpha value is -2.89. The normalized spacial score (nSPS) is 12.4. The zero-order chi connectivity index (χ0) is 56.4. The van der Waals surface area contributed by atoms with E-state index in [1.165, 1.54) is 244 Å². The van der Waals surface area contributed by atoms with E-state index in [-0.39, 0.29) is 31.1 Å². The molecule has 0 aliphatic heterocycles. The summed E-state index contributed by atoms with van der Waals surface area (Å²) in [6.07, 6.45) is 85.2. The molecule has 1 atom stereocenters. The number of carbonyl (C=O) groups is 3. The minimum absolute atomic E-state index is 0.0765. The fourth-order valence-corrected chi connectivity index (χ4v) is 10.0. The van der Waals surface area contributed by atoms with E-state index >= 15 is 0 Å². The number of hydrogen-bond donors (Lipinski definition) is 0. The second-order valence-electron chi connectivity index (χ2n) is 23.1. The molecule has 0 spiro atoms. The Labute approximate surface area is 485 Å². The van der Waals surface area contributed by atoms with Crippen LogP contribution in [0.5, 0.6) is 0 Å². The topological polar surface area (TPSA) is 78.9 Å². The van der Waals surface area contributed by atoms with E-state index < -0.39 is 6.10 Å². The van der Waals surface area contributed by atoms with Crippen molar-refractivity contribution < 1.29 is 28.6 Å². The van der Waals surface area contributed by atoms with Crippen LogP contribution >= 0.6 is 0 Å². The molecular formula is C72H130O6. The Bertz CT molecular complexity index is 1390. The smallest absolute Gasteiger partial charge is 0.306 e. The van der Waals surface area contributed by atoms with Gasteiger partial charge in [0.1, 0.15) is 13.2 Å². The van der Waals surface area contributed by atoms with Gasteiger partial charge >= 0.3 is 17.9 Å². The maximum atomic E-state index is 12.9. The monoisotopic (exact) mass is 1090 g/mol. The largest absolute Gasteiger partial charge is 0.462 e. The minimum atomic E-state index is -0.781. The van der Waals surface area contributed by atoms with E-state index in [1.807, 2.05) is 0 Å². The van der Waals surface area contributed by atoms with Gasteiger partial charge in [-0.1, -0.05) is 293 Å². The van der Waals surface area contributed by atoms with E-state index in [1.54, 1.807) is 0 Å². The second-order valence-corrected chi connectivity index (χ2v) is 23.1. The maximum absolute atomic E-state index is 12.9. The van der Waals surface area contributed by atoms with Crippen LogP contribution in [0.2, 0.25) is 0 Å². The SMILES string of the molecule is CCCCC/C=C\C/C=C\CCCCCCCCCC(=O)OCC(COC(=O)CCCCCCCCCCCCCCC/C=C\C/C=C\CCCCCCC)OC(=O)CCCCCCCCC/C=C\CCCCCCCCC. The zero-order valence-corrected chi connectivity index (χ0v) is 52.2. The number of ether oxygens (including phenoxy) is 3. The van der Waals surface area contributed by atoms with Crippen LogP contribution in [-0.4, -0.2) is 37.2 Å². The van der Waals surface area contributed by atoms with E-state index in [0.29, 0.717) is 19.3 Å². The predicted octanol–water partition coefficient (Wildman–Crippen LogP) is 23.5. The number of allylic oxidation sites excluding steroid dienone is 10. The van der Waals surface area contributed by atoms with Crippen LogP contribution in [0, 0.1) is 0 Å². The molecule has 6 heteroatoms. The first-order chi connectivity index (χ1) is 38.5. The van der Waals surface area contributed by atoms with Gasteiger partial charge in [0.15, 0.2) is 6.10 Å². The van der Waals surface area contributed by atoms with Crippen LogP contribution in [0.4, 0.5) is 0 Å². The highest BCUT2D eigenvalue weighted by atomic mass is 16.6. The molecule has 0 aliphatic rings. The van der Waals surface area contributed by atoms with Gasteiger partial charge in [-0.3, -0.25) is 14.4 Å². The third-order valence-electron chi connectivity index (χ3n) is 15.2. The highest BCUT2D eigenvalue weighted by Crippen LogP contribution is 2.17. The molecule has 0 N–H and O–H groups in total. The number of rotatable bonds is 63. The van der Waals surface area contributed by atoms with Gasteiger partial charge in [-0.15, -0.1) is 0 Å². The van der Waals surface area contributed by atoms with Gasteiger partial charge in [0.25, 0.3) is 0 Å². The molecule has 454 valence electrons. The van der Waals surface area contributed by atoms with Crippen molar-refractivity contribution in [2.24, 2.45) is 0 Å². The van der Waals surface area contributed by atoms with Crippen LogP contribution in [-0.2, 0) is 28.6 Å². The molecule has 0 aromatic rings. The zero-order valence-electron chi connectivity index (χ0n) is 52.2. The molecule has 78 heavy (non-hydrogen) atoms. The average molecular weight is 1090 g/mol. The standard InChI is InChI=1S/C72H130O6/c1-4-7-10-13-16-19-22-25-28-31-33-34-35-36-37-38-39-42-44-47-50-53-56-59-62-65-71(74)77-68-69(67-76-70(73)64-61-58-55-52-49-46-43-40-30-27-24-21-18-15-12-9-6-3)78-72(75)66-63-60-57-54-51-48-45-41-32-29-26-23-20-17-14-11-8-5-2/h18,21-22,25,27,29-33,69H,4-17,19-20,23-24,26,28,34-68H2,1-3H3/b21-18-,25-22-,30-27-,32-29-,33-31-. The average Bonchev–Trinajstić information content (AvgIpc) is 3.44. The third-order valence-corrected chi connectivity index (χ3v) is 15.2. The quantitative estimate of drug-likeness (QED) is 0.0261. The predicted molar refractivity (Wildman–Crippen MR) is 339 cm³/mol. The first-order valence-electron chi connectivity index (χ1n) is 34.3. The Morgan fingerprint density at radius 2 is 0.462 bits per heavy atom. The van der Waals surface area contributed by atoms with Crippen LogP contribution in [0.1, 0.15) is 361 Å². The summed E-state index contributed by atoms with van der Waals surface area (Å²) in [5, 5.41) is 0. The number of carbonyl (C=O) groups excluding carboxylic acids is 3. The number of hydrogen-bond acceptors (Lipinski definition) is 6. The van der Waals surface area contributed by atoms with Crippen LogP contribution in [0.25, 0.3) is 0 Å². The van der Waals surface area contributed by atoms with E-state index in [2.05, 4.69) is 81.5 Å². The molecule has 0 heterocycles. The second kappa shape index (κ2) is 66.6. The van der Waals surface area contributed by atoms with Crippen molar-refractivity contribution in [3.63, 3.8) is 0 Å². The number of unbranched alkanes of at least 4 members (excludes halogenated alkanes) is 42. The summed E-state index contributed by atoms with van der Waals surface area (Å²) in [5.41, 5.74) is 0. The van der Waals surface area contributed by atoms with Gasteiger partial charge in [-0.05, 0) is 109 Å². The Morgan fingerprint density at radius 1 is 0.256 bits per heavy atom. The summed E-state index contributed by atoms with van der Waals surface area (Å²) in [5.74, 6) is -0.869. The van der Waals surface area contributed by atoms with Crippen LogP contribution < -0.4 is 0 Å². The molecule has 6 nitrogen and oxygen atoms in total. The molecule has 0 fully saturated rings. The number of esters is 3. The molecule has 1 unspecified atom stereocenters. The summed E-state index contributed by atoms with van der Waals surface area (Å²) < 4.78 is 17.0. The lowest BCUT2D eigenvalue weighted by atomic mass is 10.0. The summed E-state index contributed by atoms with van der Waals surface area (Å²) in [6.45, 7) is 6.65. The van der Waals surface area contributed by atoms with Crippen molar-refractivity contribution in [3.8, 4) is 0 Å².